The van der Waals surface area contributed by atoms with Crippen LogP contribution in [0.2, 0.25) is 0 Å². The van der Waals surface area contributed by atoms with Crippen LogP contribution in [-0.2, 0) is 4.74 Å². The van der Waals surface area contributed by atoms with Gasteiger partial charge in [0.25, 0.3) is 0 Å². The third kappa shape index (κ3) is 5.19. The van der Waals surface area contributed by atoms with Crippen molar-refractivity contribution in [3.05, 3.63) is 23.4 Å². The normalized spacial score (nSPS) is 15.2. The molecule has 0 saturated carbocycles. The van der Waals surface area contributed by atoms with Crippen molar-refractivity contribution in [3.8, 4) is 0 Å². The molecule has 0 atom stereocenters. The van der Waals surface area contributed by atoms with Crippen LogP contribution in [0.3, 0.4) is 0 Å². The van der Waals surface area contributed by atoms with Gasteiger partial charge in [0.1, 0.15) is 5.60 Å². The molecule has 0 radical (unpaired) electrons. The lowest BCUT2D eigenvalue weighted by atomic mass is 9.96. The van der Waals surface area contributed by atoms with Crippen molar-refractivity contribution < 1.29 is 9.53 Å². The second kappa shape index (κ2) is 6.73. The summed E-state index contributed by atoms with van der Waals surface area (Å²) in [5.41, 5.74) is 2.88. The first kappa shape index (κ1) is 16.5. The molecule has 0 bridgehead atoms. The molecule has 0 aromatic carbocycles. The minimum absolute atomic E-state index is 0.294. The molecule has 0 unspecified atom stereocenters. The van der Waals surface area contributed by atoms with Crippen LogP contribution < -0.4 is 0 Å². The predicted molar refractivity (Wildman–Crippen MR) is 83.0 cm³/mol. The molecule has 0 aromatic rings. The fraction of sp³-hybridized carbons (Fsp3) is 0.625. The van der Waals surface area contributed by atoms with E-state index in [0.717, 1.165) is 30.5 Å². The van der Waals surface area contributed by atoms with Crippen molar-refractivity contribution in [1.82, 2.24) is 4.90 Å². The monoisotopic (exact) mass is 278 g/mol. The van der Waals surface area contributed by atoms with Gasteiger partial charge in [-0.25, -0.2) is 4.79 Å². The van der Waals surface area contributed by atoms with Crippen LogP contribution in [0.4, 0.5) is 4.79 Å². The Hall–Kier alpha value is -1.58. The van der Waals surface area contributed by atoms with E-state index in [1.54, 1.807) is 11.9 Å². The summed E-state index contributed by atoms with van der Waals surface area (Å²) >= 11 is 0. The van der Waals surface area contributed by atoms with Crippen LogP contribution in [0.15, 0.2) is 28.4 Å². The summed E-state index contributed by atoms with van der Waals surface area (Å²) in [5, 5.41) is 0. The van der Waals surface area contributed by atoms with E-state index in [9.17, 15) is 4.79 Å². The molecular formula is C16H26N2O2. The van der Waals surface area contributed by atoms with Gasteiger partial charge in [-0.15, -0.1) is 0 Å². The highest BCUT2D eigenvalue weighted by molar-refractivity contribution is 5.67. The van der Waals surface area contributed by atoms with Gasteiger partial charge in [0.15, 0.2) is 0 Å². The number of amides is 1. The lowest BCUT2D eigenvalue weighted by Crippen LogP contribution is -2.34. The van der Waals surface area contributed by atoms with Crippen LogP contribution in [-0.4, -0.2) is 36.4 Å². The topological polar surface area (TPSA) is 41.9 Å². The SMILES string of the molecule is C=C(CCN(C)C(=O)OC(C)(C)C)C1=C(C)N=CCC1. The largest absolute Gasteiger partial charge is 0.444 e. The Kier molecular flexibility index (Phi) is 5.54. The average molecular weight is 278 g/mol. The van der Waals surface area contributed by atoms with Crippen molar-refractivity contribution in [2.75, 3.05) is 13.6 Å². The fourth-order valence-electron chi connectivity index (χ4n) is 1.99. The molecular weight excluding hydrogens is 252 g/mol. The molecule has 112 valence electrons. The van der Waals surface area contributed by atoms with Crippen molar-refractivity contribution in [2.24, 2.45) is 4.99 Å². The van der Waals surface area contributed by atoms with Crippen molar-refractivity contribution in [3.63, 3.8) is 0 Å². The van der Waals surface area contributed by atoms with Gasteiger partial charge in [0.2, 0.25) is 0 Å². The Morgan fingerprint density at radius 2 is 2.15 bits per heavy atom. The van der Waals surface area contributed by atoms with Gasteiger partial charge in [0.05, 0.1) is 0 Å². The van der Waals surface area contributed by atoms with Gasteiger partial charge in [-0.1, -0.05) is 6.58 Å². The van der Waals surface area contributed by atoms with Crippen molar-refractivity contribution in [1.29, 1.82) is 0 Å². The number of carbonyl (C=O) groups excluding carboxylic acids is 1. The first-order valence-electron chi connectivity index (χ1n) is 7.05. The molecule has 1 amide bonds. The molecule has 0 aromatic heterocycles. The number of ether oxygens (including phenoxy) is 1. The van der Waals surface area contributed by atoms with Gasteiger partial charge < -0.3 is 9.64 Å². The third-order valence-corrected chi connectivity index (χ3v) is 3.13. The second-order valence-corrected chi connectivity index (χ2v) is 6.17. The Morgan fingerprint density at radius 3 is 2.70 bits per heavy atom. The molecule has 0 aliphatic carbocycles. The molecule has 0 fully saturated rings. The van der Waals surface area contributed by atoms with E-state index in [1.807, 2.05) is 33.9 Å². The Morgan fingerprint density at radius 1 is 1.50 bits per heavy atom. The van der Waals surface area contributed by atoms with E-state index >= 15 is 0 Å². The van der Waals surface area contributed by atoms with Crippen LogP contribution >= 0.6 is 0 Å². The minimum Gasteiger partial charge on any atom is -0.444 e. The van der Waals surface area contributed by atoms with E-state index in [0.29, 0.717) is 6.54 Å². The molecule has 0 saturated heterocycles. The molecule has 4 nitrogen and oxygen atoms in total. The van der Waals surface area contributed by atoms with Gasteiger partial charge in [-0.2, -0.15) is 0 Å². The number of allylic oxidation sites excluding steroid dienone is 2. The maximum Gasteiger partial charge on any atom is 0.410 e. The van der Waals surface area contributed by atoms with E-state index < -0.39 is 5.60 Å². The van der Waals surface area contributed by atoms with Crippen LogP contribution in [0, 0.1) is 0 Å². The van der Waals surface area contributed by atoms with Gasteiger partial charge >= 0.3 is 6.09 Å². The zero-order chi connectivity index (χ0) is 15.3. The maximum absolute atomic E-state index is 11.9. The number of hydrogen-bond acceptors (Lipinski definition) is 3. The van der Waals surface area contributed by atoms with Gasteiger partial charge in [-0.3, -0.25) is 4.99 Å². The summed E-state index contributed by atoms with van der Waals surface area (Å²) in [5.74, 6) is 0. The first-order chi connectivity index (χ1) is 9.20. The Bertz CT molecular complexity index is 442. The summed E-state index contributed by atoms with van der Waals surface area (Å²) in [7, 11) is 1.75. The summed E-state index contributed by atoms with van der Waals surface area (Å²) in [4.78, 5) is 17.8. The molecule has 0 N–H and O–H groups in total. The molecule has 1 aliphatic rings. The summed E-state index contributed by atoms with van der Waals surface area (Å²) < 4.78 is 5.32. The molecule has 1 heterocycles. The van der Waals surface area contributed by atoms with Crippen LogP contribution in [0.1, 0.15) is 47.0 Å². The molecule has 1 rings (SSSR count). The Balaban J connectivity index is 2.49. The number of nitrogens with zero attached hydrogens (tertiary/aromatic N) is 2. The quantitative estimate of drug-likeness (QED) is 0.781. The highest BCUT2D eigenvalue weighted by Gasteiger charge is 2.20. The smallest absolute Gasteiger partial charge is 0.410 e. The van der Waals surface area contributed by atoms with Crippen LogP contribution in [0.5, 0.6) is 0 Å². The number of rotatable bonds is 4. The second-order valence-electron chi connectivity index (χ2n) is 6.17. The van der Waals surface area contributed by atoms with E-state index in [2.05, 4.69) is 11.6 Å². The lowest BCUT2D eigenvalue weighted by molar-refractivity contribution is 0.0301. The van der Waals surface area contributed by atoms with E-state index in [-0.39, 0.29) is 6.09 Å². The third-order valence-electron chi connectivity index (χ3n) is 3.13. The molecule has 0 spiro atoms. The van der Waals surface area contributed by atoms with Gasteiger partial charge in [0, 0.05) is 25.5 Å². The van der Waals surface area contributed by atoms with E-state index in [1.165, 1.54) is 5.57 Å². The number of aliphatic imine (C=N–C) groups is 1. The fourth-order valence-corrected chi connectivity index (χ4v) is 1.99. The molecule has 1 aliphatic heterocycles. The zero-order valence-corrected chi connectivity index (χ0v) is 13.3. The van der Waals surface area contributed by atoms with E-state index in [4.69, 9.17) is 4.74 Å². The van der Waals surface area contributed by atoms with Gasteiger partial charge in [-0.05, 0) is 58.1 Å². The predicted octanol–water partition coefficient (Wildman–Crippen LogP) is 3.94. The zero-order valence-electron chi connectivity index (χ0n) is 13.3. The number of carbonyl (C=O) groups is 1. The van der Waals surface area contributed by atoms with Crippen molar-refractivity contribution >= 4 is 12.3 Å². The summed E-state index contributed by atoms with van der Waals surface area (Å²) in [6.07, 6.45) is 4.35. The highest BCUT2D eigenvalue weighted by atomic mass is 16.6. The summed E-state index contributed by atoms with van der Waals surface area (Å²) in [6, 6.07) is 0. The average Bonchev–Trinajstić information content (AvgIpc) is 2.34. The highest BCUT2D eigenvalue weighted by Crippen LogP contribution is 2.25. The maximum atomic E-state index is 11.9. The lowest BCUT2D eigenvalue weighted by Gasteiger charge is -2.25. The summed E-state index contributed by atoms with van der Waals surface area (Å²) in [6.45, 7) is 12.3. The molecule has 4 heteroatoms. The Labute approximate surface area is 122 Å². The first-order valence-corrected chi connectivity index (χ1v) is 7.05. The number of hydrogen-bond donors (Lipinski definition) is 0. The molecule has 20 heavy (non-hydrogen) atoms. The standard InChI is InChI=1S/C16H26N2O2/c1-12(14-8-7-10-17-13(14)2)9-11-18(6)15(19)20-16(3,4)5/h10H,1,7-9,11H2,2-6H3. The minimum atomic E-state index is -0.459. The van der Waals surface area contributed by atoms with Crippen molar-refractivity contribution in [2.45, 2.75) is 52.6 Å². The van der Waals surface area contributed by atoms with Crippen LogP contribution in [0.25, 0.3) is 0 Å².